The van der Waals surface area contributed by atoms with Gasteiger partial charge in [0.05, 0.1) is 6.42 Å². The maximum atomic E-state index is 12.4. The van der Waals surface area contributed by atoms with E-state index in [9.17, 15) is 14.4 Å². The average molecular weight is 276 g/mol. The van der Waals surface area contributed by atoms with E-state index in [1.165, 1.54) is 4.90 Å². The molecule has 1 fully saturated rings. The highest BCUT2D eigenvalue weighted by Gasteiger charge is 2.31. The molecule has 1 aromatic carbocycles. The van der Waals surface area contributed by atoms with Crippen LogP contribution in [0.3, 0.4) is 0 Å². The number of hydrogen-bond acceptors (Lipinski definition) is 3. The summed E-state index contributed by atoms with van der Waals surface area (Å²) >= 11 is 0. The normalized spacial score (nSPS) is 17.6. The Hall–Kier alpha value is -2.37. The molecule has 1 heterocycles. The van der Waals surface area contributed by atoms with Crippen molar-refractivity contribution in [2.75, 3.05) is 11.4 Å². The Morgan fingerprint density at radius 2 is 2.00 bits per heavy atom. The van der Waals surface area contributed by atoms with Crippen LogP contribution in [0.25, 0.3) is 0 Å². The fourth-order valence-electron chi connectivity index (χ4n) is 2.17. The van der Waals surface area contributed by atoms with Crippen molar-refractivity contribution in [1.29, 1.82) is 0 Å². The van der Waals surface area contributed by atoms with Gasteiger partial charge in [0, 0.05) is 18.7 Å². The third-order valence-corrected chi connectivity index (χ3v) is 3.18. The van der Waals surface area contributed by atoms with Crippen LogP contribution in [0.2, 0.25) is 0 Å². The summed E-state index contributed by atoms with van der Waals surface area (Å²) in [7, 11) is 0. The molecule has 1 atom stereocenters. The van der Waals surface area contributed by atoms with Crippen LogP contribution in [0.5, 0.6) is 0 Å². The van der Waals surface area contributed by atoms with Crippen molar-refractivity contribution in [3.63, 3.8) is 0 Å². The zero-order valence-electron chi connectivity index (χ0n) is 10.9. The van der Waals surface area contributed by atoms with Crippen LogP contribution in [0.4, 0.5) is 5.69 Å². The monoisotopic (exact) mass is 276 g/mol. The summed E-state index contributed by atoms with van der Waals surface area (Å²) in [5, 5.41) is 11.4. The van der Waals surface area contributed by atoms with E-state index in [-0.39, 0.29) is 24.8 Å². The van der Waals surface area contributed by atoms with E-state index in [0.29, 0.717) is 18.5 Å². The van der Waals surface area contributed by atoms with Crippen molar-refractivity contribution in [2.45, 2.75) is 25.3 Å². The number of benzene rings is 1. The molecular formula is C14H16N2O4. The number of anilines is 1. The van der Waals surface area contributed by atoms with Gasteiger partial charge in [0.1, 0.15) is 6.04 Å². The predicted molar refractivity (Wildman–Crippen MR) is 72.2 cm³/mol. The highest BCUT2D eigenvalue weighted by Crippen LogP contribution is 2.18. The second-order valence-corrected chi connectivity index (χ2v) is 4.63. The first-order valence-electron chi connectivity index (χ1n) is 6.45. The van der Waals surface area contributed by atoms with E-state index in [4.69, 9.17) is 5.11 Å². The molecule has 0 bridgehead atoms. The number of aliphatic carboxylic acids is 1. The molecule has 0 radical (unpaired) electrons. The topological polar surface area (TPSA) is 86.7 Å². The third-order valence-electron chi connectivity index (χ3n) is 3.18. The Balaban J connectivity index is 2.15. The van der Waals surface area contributed by atoms with Crippen LogP contribution < -0.4 is 10.2 Å². The van der Waals surface area contributed by atoms with Crippen molar-refractivity contribution in [3.8, 4) is 0 Å². The predicted octanol–water partition coefficient (Wildman–Crippen LogP) is 0.773. The summed E-state index contributed by atoms with van der Waals surface area (Å²) in [6, 6.07) is 8.32. The zero-order valence-corrected chi connectivity index (χ0v) is 10.9. The Morgan fingerprint density at radius 1 is 1.30 bits per heavy atom. The SMILES string of the molecule is O=C(O)CCN(C(=O)[C@@H]1CCC(=O)N1)c1ccccc1. The summed E-state index contributed by atoms with van der Waals surface area (Å²) in [6.45, 7) is 0.0878. The average Bonchev–Trinajstić information content (AvgIpc) is 2.86. The molecule has 2 N–H and O–H groups in total. The fraction of sp³-hybridized carbons (Fsp3) is 0.357. The number of nitrogens with one attached hydrogen (secondary N) is 1. The number of rotatable bonds is 5. The molecule has 2 rings (SSSR count). The van der Waals surface area contributed by atoms with Crippen molar-refractivity contribution in [1.82, 2.24) is 5.32 Å². The molecule has 20 heavy (non-hydrogen) atoms. The first-order valence-corrected chi connectivity index (χ1v) is 6.45. The number of amides is 2. The molecular weight excluding hydrogens is 260 g/mol. The number of nitrogens with zero attached hydrogens (tertiary/aromatic N) is 1. The molecule has 1 aliphatic heterocycles. The van der Waals surface area contributed by atoms with Crippen molar-refractivity contribution < 1.29 is 19.5 Å². The summed E-state index contributed by atoms with van der Waals surface area (Å²) in [5.74, 6) is -1.37. The molecule has 0 unspecified atom stereocenters. The van der Waals surface area contributed by atoms with Gasteiger partial charge in [0.15, 0.2) is 0 Å². The summed E-state index contributed by atoms with van der Waals surface area (Å²) in [6.07, 6.45) is 0.646. The van der Waals surface area contributed by atoms with Gasteiger partial charge in [-0.3, -0.25) is 14.4 Å². The Kier molecular flexibility index (Phi) is 4.34. The van der Waals surface area contributed by atoms with Crippen LogP contribution in [0.15, 0.2) is 30.3 Å². The Bertz CT molecular complexity index is 515. The lowest BCUT2D eigenvalue weighted by Gasteiger charge is -2.25. The van der Waals surface area contributed by atoms with Gasteiger partial charge in [0.25, 0.3) is 0 Å². The van der Waals surface area contributed by atoms with Gasteiger partial charge in [-0.2, -0.15) is 0 Å². The maximum absolute atomic E-state index is 12.4. The molecule has 6 nitrogen and oxygen atoms in total. The lowest BCUT2D eigenvalue weighted by atomic mass is 10.1. The number of carboxylic acid groups (broad SMARTS) is 1. The molecule has 0 aliphatic carbocycles. The number of carbonyl (C=O) groups is 3. The number of para-hydroxylation sites is 1. The van der Waals surface area contributed by atoms with Gasteiger partial charge in [-0.05, 0) is 18.6 Å². The van der Waals surface area contributed by atoms with Crippen molar-refractivity contribution in [2.24, 2.45) is 0 Å². The molecule has 6 heteroatoms. The van der Waals surface area contributed by atoms with E-state index in [1.54, 1.807) is 24.3 Å². The maximum Gasteiger partial charge on any atom is 0.305 e. The first-order chi connectivity index (χ1) is 9.58. The van der Waals surface area contributed by atoms with E-state index < -0.39 is 12.0 Å². The van der Waals surface area contributed by atoms with Crippen LogP contribution >= 0.6 is 0 Å². The Labute approximate surface area is 116 Å². The summed E-state index contributed by atoms with van der Waals surface area (Å²) < 4.78 is 0. The summed E-state index contributed by atoms with van der Waals surface area (Å²) in [4.78, 5) is 35.8. The minimum atomic E-state index is -0.964. The van der Waals surface area contributed by atoms with E-state index in [2.05, 4.69) is 5.32 Å². The molecule has 1 aromatic rings. The Morgan fingerprint density at radius 3 is 2.55 bits per heavy atom. The minimum Gasteiger partial charge on any atom is -0.481 e. The van der Waals surface area contributed by atoms with E-state index in [1.807, 2.05) is 6.07 Å². The van der Waals surface area contributed by atoms with Gasteiger partial charge in [-0.15, -0.1) is 0 Å². The minimum absolute atomic E-state index is 0.0878. The number of carbonyl (C=O) groups excluding carboxylic acids is 2. The zero-order chi connectivity index (χ0) is 14.5. The highest BCUT2D eigenvalue weighted by atomic mass is 16.4. The van der Waals surface area contributed by atoms with Gasteiger partial charge in [-0.25, -0.2) is 0 Å². The smallest absolute Gasteiger partial charge is 0.305 e. The summed E-state index contributed by atoms with van der Waals surface area (Å²) in [5.41, 5.74) is 0.639. The molecule has 106 valence electrons. The molecule has 0 saturated carbocycles. The van der Waals surface area contributed by atoms with E-state index >= 15 is 0 Å². The van der Waals surface area contributed by atoms with Crippen molar-refractivity contribution in [3.05, 3.63) is 30.3 Å². The third kappa shape index (κ3) is 3.34. The fourth-order valence-corrected chi connectivity index (χ4v) is 2.17. The molecule has 0 aromatic heterocycles. The lowest BCUT2D eigenvalue weighted by molar-refractivity contribution is -0.136. The number of carboxylic acids is 1. The van der Waals surface area contributed by atoms with Crippen molar-refractivity contribution >= 4 is 23.5 Å². The second kappa shape index (κ2) is 6.18. The molecule has 2 amide bonds. The van der Waals surface area contributed by atoms with Gasteiger partial charge >= 0.3 is 5.97 Å². The van der Waals surface area contributed by atoms with Gasteiger partial charge in [-0.1, -0.05) is 18.2 Å². The number of hydrogen-bond donors (Lipinski definition) is 2. The van der Waals surface area contributed by atoms with Crippen LogP contribution in [-0.4, -0.2) is 35.5 Å². The lowest BCUT2D eigenvalue weighted by Crippen LogP contribution is -2.45. The van der Waals surface area contributed by atoms with E-state index in [0.717, 1.165) is 0 Å². The second-order valence-electron chi connectivity index (χ2n) is 4.63. The van der Waals surface area contributed by atoms with Gasteiger partial charge in [0.2, 0.25) is 11.8 Å². The van der Waals surface area contributed by atoms with Crippen LogP contribution in [-0.2, 0) is 14.4 Å². The molecule has 1 aliphatic rings. The molecule has 0 spiro atoms. The largest absolute Gasteiger partial charge is 0.481 e. The van der Waals surface area contributed by atoms with Crippen LogP contribution in [0, 0.1) is 0 Å². The molecule has 1 saturated heterocycles. The first kappa shape index (κ1) is 14.0. The highest BCUT2D eigenvalue weighted by molar-refractivity contribution is 6.01. The quantitative estimate of drug-likeness (QED) is 0.831. The standard InChI is InChI=1S/C14H16N2O4/c17-12-7-6-11(15-12)14(20)16(9-8-13(18)19)10-4-2-1-3-5-10/h1-5,11H,6-9H2,(H,15,17)(H,18,19)/t11-/m0/s1. The van der Waals surface area contributed by atoms with Gasteiger partial charge < -0.3 is 15.3 Å². The van der Waals surface area contributed by atoms with Crippen LogP contribution in [0.1, 0.15) is 19.3 Å².